The van der Waals surface area contributed by atoms with Gasteiger partial charge in [0.25, 0.3) is 5.91 Å². The molecule has 5 aromatic rings. The molecule has 3 aromatic carbocycles. The van der Waals surface area contributed by atoms with Crippen molar-refractivity contribution in [2.75, 3.05) is 26.7 Å². The smallest absolute Gasteiger partial charge is 0.408 e. The van der Waals surface area contributed by atoms with Crippen LogP contribution in [0.25, 0.3) is 23.1 Å². The molecule has 364 valence electrons. The van der Waals surface area contributed by atoms with Crippen molar-refractivity contribution >= 4 is 70.7 Å². The number of aromatic nitrogens is 3. The summed E-state index contributed by atoms with van der Waals surface area (Å²) in [6.45, 7) is 10.7. The van der Waals surface area contributed by atoms with E-state index in [1.807, 2.05) is 78.9 Å². The number of hydrogen-bond donors (Lipinski definition) is 2. The molecule has 6 rings (SSSR count). The molecule has 1 aliphatic heterocycles. The maximum atomic E-state index is 15.1. The summed E-state index contributed by atoms with van der Waals surface area (Å²) in [5, 5.41) is 10.8. The minimum atomic E-state index is -1.17. The summed E-state index contributed by atoms with van der Waals surface area (Å²) >= 11 is 1.37. The summed E-state index contributed by atoms with van der Waals surface area (Å²) in [4.78, 5) is 90.6. The first-order chi connectivity index (χ1) is 32.9. The fourth-order valence-electron chi connectivity index (χ4n) is 7.62. The van der Waals surface area contributed by atoms with Crippen molar-refractivity contribution in [2.45, 2.75) is 113 Å². The number of amides is 4. The molecule has 1 aliphatic rings. The van der Waals surface area contributed by atoms with E-state index in [0.29, 0.717) is 52.1 Å². The number of ether oxygens (including phenoxy) is 3. The lowest BCUT2D eigenvalue weighted by Gasteiger charge is -2.31. The molecule has 16 nitrogen and oxygen atoms in total. The Balaban J connectivity index is 1.30. The lowest BCUT2D eigenvalue weighted by Crippen LogP contribution is -2.48. The van der Waals surface area contributed by atoms with Crippen LogP contribution in [0.2, 0.25) is 0 Å². The third kappa shape index (κ3) is 15.0. The maximum Gasteiger partial charge on any atom is 0.408 e. The van der Waals surface area contributed by atoms with E-state index in [4.69, 9.17) is 19.3 Å². The van der Waals surface area contributed by atoms with Crippen molar-refractivity contribution in [2.24, 2.45) is 0 Å². The molecular formula is C52H61N7O9S. The van der Waals surface area contributed by atoms with Crippen LogP contribution in [0.1, 0.15) is 101 Å². The molecule has 17 heteroatoms. The van der Waals surface area contributed by atoms with Crippen LogP contribution in [-0.2, 0) is 35.2 Å². The van der Waals surface area contributed by atoms with Crippen molar-refractivity contribution in [3.05, 3.63) is 120 Å². The number of benzene rings is 3. The van der Waals surface area contributed by atoms with Crippen LogP contribution in [0.15, 0.2) is 107 Å². The maximum absolute atomic E-state index is 15.1. The van der Waals surface area contributed by atoms with E-state index in [2.05, 4.69) is 15.6 Å². The molecular weight excluding hydrogens is 899 g/mol. The largest absolute Gasteiger partial charge is 0.461 e. The Kier molecular flexibility index (Phi) is 17.4. The summed E-state index contributed by atoms with van der Waals surface area (Å²) in [6.07, 6.45) is 5.34. The molecule has 0 radical (unpaired) electrons. The number of fused-ring (bicyclic) bond motifs is 1. The zero-order valence-corrected chi connectivity index (χ0v) is 41.0. The predicted octanol–water partition coefficient (Wildman–Crippen LogP) is 8.52. The summed E-state index contributed by atoms with van der Waals surface area (Å²) in [5.74, 6) is -1.73. The number of nitrogens with zero attached hydrogens (tertiary/aromatic N) is 5. The zero-order valence-electron chi connectivity index (χ0n) is 40.2. The summed E-state index contributed by atoms with van der Waals surface area (Å²) in [6, 6.07) is 25.5. The highest BCUT2D eigenvalue weighted by molar-refractivity contribution is 7.99. The van der Waals surface area contributed by atoms with Gasteiger partial charge in [0.2, 0.25) is 5.91 Å². The lowest BCUT2D eigenvalue weighted by molar-refractivity contribution is -0.157. The van der Waals surface area contributed by atoms with E-state index < -0.39 is 47.3 Å². The van der Waals surface area contributed by atoms with Crippen LogP contribution >= 0.6 is 11.8 Å². The third-order valence-corrected chi connectivity index (χ3v) is 11.9. The van der Waals surface area contributed by atoms with E-state index in [1.165, 1.54) is 21.3 Å². The van der Waals surface area contributed by atoms with E-state index in [9.17, 15) is 24.0 Å². The van der Waals surface area contributed by atoms with Gasteiger partial charge in [0.15, 0.2) is 0 Å². The average Bonchev–Trinajstić information content (AvgIpc) is 3.93. The molecule has 3 heterocycles. The number of pyridine rings is 1. The summed E-state index contributed by atoms with van der Waals surface area (Å²) in [5.41, 5.74) is 1.28. The number of esters is 2. The lowest BCUT2D eigenvalue weighted by atomic mass is 10.1. The van der Waals surface area contributed by atoms with Gasteiger partial charge in [0, 0.05) is 60.5 Å². The van der Waals surface area contributed by atoms with Gasteiger partial charge < -0.3 is 34.6 Å². The van der Waals surface area contributed by atoms with Gasteiger partial charge in [-0.2, -0.15) is 9.78 Å². The fraction of sp³-hybridized carbons (Fsp3) is 0.385. The monoisotopic (exact) mass is 959 g/mol. The predicted molar refractivity (Wildman–Crippen MR) is 263 cm³/mol. The van der Waals surface area contributed by atoms with Crippen LogP contribution in [0.4, 0.5) is 9.59 Å². The molecule has 2 aromatic heterocycles. The standard InChI is InChI=1S/C52H61N7O9S/c1-51(2,3)67-48(63)42(55-49(64)68-52(4,5)6)26-27-45(60)58-30-15-19-37(58)33-57(31-28-46(61)66-34-35-16-9-8-10-17-35)50(65)59-43-32-38(69-44-21-12-11-20-40(44)47(62)53-7)23-24-39(43)41(56-59)25-22-36-18-13-14-29-54-36/h8-14,16-18,20-25,29,32,37,42H,15,19,26-28,30-31,33-34H2,1-7H3,(H,53,62)(H,55,64)/b25-22+/t37-,42-/m0/s1. The Hall–Kier alpha value is -7.01. The normalized spacial score (nSPS) is 14.3. The number of carbonyl (C=O) groups excluding carboxylic acids is 6. The Morgan fingerprint density at radius 1 is 0.870 bits per heavy atom. The molecule has 69 heavy (non-hydrogen) atoms. The molecule has 0 bridgehead atoms. The van der Waals surface area contributed by atoms with Gasteiger partial charge in [-0.25, -0.2) is 14.4 Å². The number of likely N-dealkylation sites (tertiary alicyclic amines) is 1. The molecule has 2 N–H and O–H groups in total. The number of nitrogens with one attached hydrogen (secondary N) is 2. The van der Waals surface area contributed by atoms with Gasteiger partial charge in [-0.3, -0.25) is 19.4 Å². The minimum Gasteiger partial charge on any atom is -0.461 e. The first kappa shape index (κ1) is 51.4. The van der Waals surface area contributed by atoms with E-state index in [1.54, 1.807) is 84.0 Å². The topological polar surface area (TPSA) is 191 Å². The van der Waals surface area contributed by atoms with Gasteiger partial charge in [-0.05, 0) is 121 Å². The van der Waals surface area contributed by atoms with Crippen molar-refractivity contribution in [3.8, 4) is 0 Å². The molecule has 0 aliphatic carbocycles. The third-order valence-electron chi connectivity index (χ3n) is 10.8. The second-order valence-corrected chi connectivity index (χ2v) is 19.6. The second-order valence-electron chi connectivity index (χ2n) is 18.5. The Morgan fingerprint density at radius 3 is 2.30 bits per heavy atom. The van der Waals surface area contributed by atoms with Gasteiger partial charge in [-0.15, -0.1) is 0 Å². The number of alkyl carbamates (subject to hydrolysis) is 1. The van der Waals surface area contributed by atoms with E-state index in [0.717, 1.165) is 10.5 Å². The highest BCUT2D eigenvalue weighted by atomic mass is 32.2. The van der Waals surface area contributed by atoms with Crippen LogP contribution in [0, 0.1) is 0 Å². The molecule has 4 amide bonds. The Bertz CT molecular complexity index is 2640. The molecule has 1 saturated heterocycles. The molecule has 0 saturated carbocycles. The van der Waals surface area contributed by atoms with Gasteiger partial charge in [-0.1, -0.05) is 60.3 Å². The van der Waals surface area contributed by atoms with Crippen LogP contribution in [0.3, 0.4) is 0 Å². The van der Waals surface area contributed by atoms with Crippen molar-refractivity contribution in [1.82, 2.24) is 35.2 Å². The molecule has 0 spiro atoms. The van der Waals surface area contributed by atoms with Crippen molar-refractivity contribution in [1.29, 1.82) is 0 Å². The zero-order chi connectivity index (χ0) is 49.7. The first-order valence-electron chi connectivity index (χ1n) is 23.0. The quantitative estimate of drug-likeness (QED) is 0.0668. The first-order valence-corrected chi connectivity index (χ1v) is 23.8. The van der Waals surface area contributed by atoms with E-state index in [-0.39, 0.29) is 50.8 Å². The summed E-state index contributed by atoms with van der Waals surface area (Å²) < 4.78 is 17.9. The van der Waals surface area contributed by atoms with Gasteiger partial charge in [0.1, 0.15) is 23.9 Å². The van der Waals surface area contributed by atoms with E-state index >= 15 is 4.79 Å². The van der Waals surface area contributed by atoms with Crippen LogP contribution in [0.5, 0.6) is 0 Å². The van der Waals surface area contributed by atoms with Crippen molar-refractivity contribution in [3.63, 3.8) is 0 Å². The van der Waals surface area contributed by atoms with Gasteiger partial charge >= 0.3 is 24.1 Å². The SMILES string of the molecule is CNC(=O)c1ccccc1Sc1ccc2c(/C=C/c3ccccn3)nn(C(=O)N(CCC(=O)OCc3ccccc3)C[C@@H]3CCCN3C(=O)CC[C@H](NC(=O)OC(C)(C)C)C(=O)OC(C)(C)C)c2c1. The highest BCUT2D eigenvalue weighted by Gasteiger charge is 2.35. The number of rotatable bonds is 17. The molecule has 0 unspecified atom stereocenters. The average molecular weight is 960 g/mol. The Morgan fingerprint density at radius 2 is 1.59 bits per heavy atom. The number of hydrogen-bond acceptors (Lipinski definition) is 12. The number of carbonyl (C=O) groups is 6. The second kappa shape index (κ2) is 23.3. The highest BCUT2D eigenvalue weighted by Crippen LogP contribution is 2.34. The van der Waals surface area contributed by atoms with Gasteiger partial charge in [0.05, 0.1) is 28.9 Å². The summed E-state index contributed by atoms with van der Waals surface area (Å²) in [7, 11) is 1.57. The minimum absolute atomic E-state index is 0.0522. The molecule has 1 fully saturated rings. The fourth-order valence-corrected chi connectivity index (χ4v) is 8.60. The Labute approximate surface area is 407 Å². The van der Waals surface area contributed by atoms with Crippen LogP contribution < -0.4 is 10.6 Å². The molecule has 2 atom stereocenters. The van der Waals surface area contributed by atoms with Crippen LogP contribution in [-0.4, -0.2) is 110 Å². The van der Waals surface area contributed by atoms with Crippen molar-refractivity contribution < 1.29 is 43.0 Å².